The minimum absolute atomic E-state index is 0.815. The molecule has 0 fully saturated rings. The zero-order chi connectivity index (χ0) is 14.9. The molecule has 0 aliphatic heterocycles. The van der Waals surface area contributed by atoms with Crippen LogP contribution in [0.2, 0.25) is 0 Å². The van der Waals surface area contributed by atoms with E-state index in [9.17, 15) is 0 Å². The molecular formula is C18H27N3. The van der Waals surface area contributed by atoms with Crippen molar-refractivity contribution in [1.29, 1.82) is 0 Å². The van der Waals surface area contributed by atoms with Crippen LogP contribution in [0.1, 0.15) is 45.1 Å². The second-order valence-electron chi connectivity index (χ2n) is 5.68. The molecule has 114 valence electrons. The fourth-order valence-electron chi connectivity index (χ4n) is 2.56. The van der Waals surface area contributed by atoms with Crippen LogP contribution in [0.3, 0.4) is 0 Å². The van der Waals surface area contributed by atoms with E-state index in [1.165, 1.54) is 31.2 Å². The molecule has 0 radical (unpaired) electrons. The Labute approximate surface area is 128 Å². The predicted molar refractivity (Wildman–Crippen MR) is 88.6 cm³/mol. The van der Waals surface area contributed by atoms with Crippen molar-refractivity contribution in [2.75, 3.05) is 6.54 Å². The summed E-state index contributed by atoms with van der Waals surface area (Å²) in [6, 6.07) is 8.67. The van der Waals surface area contributed by atoms with Gasteiger partial charge in [-0.05, 0) is 36.6 Å². The zero-order valence-electron chi connectivity index (χ0n) is 13.3. The molecule has 1 unspecified atom stereocenters. The predicted octanol–water partition coefficient (Wildman–Crippen LogP) is 4.18. The average molecular weight is 285 g/mol. The maximum absolute atomic E-state index is 4.07. The molecule has 1 atom stereocenters. The maximum atomic E-state index is 4.07. The van der Waals surface area contributed by atoms with E-state index in [-0.39, 0.29) is 0 Å². The molecule has 0 aliphatic carbocycles. The van der Waals surface area contributed by atoms with Crippen molar-refractivity contribution in [3.8, 4) is 5.69 Å². The van der Waals surface area contributed by atoms with Gasteiger partial charge in [-0.1, -0.05) is 45.2 Å². The van der Waals surface area contributed by atoms with Gasteiger partial charge < -0.3 is 9.88 Å². The summed E-state index contributed by atoms with van der Waals surface area (Å²) >= 11 is 0. The number of nitrogens with zero attached hydrogens (tertiary/aromatic N) is 2. The second kappa shape index (κ2) is 8.63. The highest BCUT2D eigenvalue weighted by Gasteiger charge is 2.05. The van der Waals surface area contributed by atoms with E-state index in [0.29, 0.717) is 0 Å². The lowest BCUT2D eigenvalue weighted by Gasteiger charge is -2.15. The first kappa shape index (κ1) is 15.8. The Kier molecular flexibility index (Phi) is 6.48. The van der Waals surface area contributed by atoms with Gasteiger partial charge in [0, 0.05) is 24.6 Å². The summed E-state index contributed by atoms with van der Waals surface area (Å²) in [5, 5.41) is 3.60. The third-order valence-corrected chi connectivity index (χ3v) is 4.04. The number of hydrogen-bond donors (Lipinski definition) is 1. The van der Waals surface area contributed by atoms with Crippen LogP contribution >= 0.6 is 0 Å². The molecule has 2 rings (SSSR count). The Morgan fingerprint density at radius 2 is 2.00 bits per heavy atom. The van der Waals surface area contributed by atoms with Crippen LogP contribution in [0.25, 0.3) is 5.69 Å². The molecule has 1 heterocycles. The summed E-state index contributed by atoms with van der Waals surface area (Å²) in [7, 11) is 0. The average Bonchev–Trinajstić information content (AvgIpc) is 3.05. The van der Waals surface area contributed by atoms with Gasteiger partial charge in [0.25, 0.3) is 0 Å². The molecule has 2 aromatic rings. The molecule has 1 N–H and O–H groups in total. The Morgan fingerprint density at radius 1 is 1.19 bits per heavy atom. The lowest BCUT2D eigenvalue weighted by atomic mass is 9.99. The molecule has 3 heteroatoms. The van der Waals surface area contributed by atoms with Gasteiger partial charge >= 0.3 is 0 Å². The molecule has 0 bridgehead atoms. The van der Waals surface area contributed by atoms with Gasteiger partial charge in [-0.2, -0.15) is 0 Å². The first-order valence-corrected chi connectivity index (χ1v) is 8.11. The van der Waals surface area contributed by atoms with E-state index >= 15 is 0 Å². The minimum atomic E-state index is 0.815. The number of nitrogens with one attached hydrogen (secondary N) is 1. The summed E-state index contributed by atoms with van der Waals surface area (Å²) in [5.41, 5.74) is 2.50. The fraction of sp³-hybridized carbons (Fsp3) is 0.500. The van der Waals surface area contributed by atoms with E-state index in [1.807, 2.05) is 17.1 Å². The molecule has 3 nitrogen and oxygen atoms in total. The topological polar surface area (TPSA) is 29.9 Å². The highest BCUT2D eigenvalue weighted by Crippen LogP contribution is 2.12. The van der Waals surface area contributed by atoms with Gasteiger partial charge in [0.1, 0.15) is 0 Å². The molecule has 1 aromatic carbocycles. The Morgan fingerprint density at radius 3 is 2.62 bits per heavy atom. The van der Waals surface area contributed by atoms with Gasteiger partial charge in [0.15, 0.2) is 0 Å². The molecule has 1 aromatic heterocycles. The quantitative estimate of drug-likeness (QED) is 0.749. The van der Waals surface area contributed by atoms with Crippen LogP contribution in [-0.2, 0) is 6.54 Å². The van der Waals surface area contributed by atoms with Gasteiger partial charge in [0.2, 0.25) is 0 Å². The molecule has 0 aliphatic rings. The Hall–Kier alpha value is -1.61. The van der Waals surface area contributed by atoms with Crippen molar-refractivity contribution in [1.82, 2.24) is 14.9 Å². The summed E-state index contributed by atoms with van der Waals surface area (Å²) in [6.07, 6.45) is 10.9. The number of unbranched alkanes of at least 4 members (excludes halogenated alkanes) is 1. The molecule has 0 spiro atoms. The number of rotatable bonds is 9. The van der Waals surface area contributed by atoms with E-state index in [1.54, 1.807) is 6.20 Å². The standard InChI is InChI=1S/C18H27N3/c1-3-5-6-16(4-2)13-20-14-17-7-9-18(10-8-17)21-12-11-19-15-21/h7-12,15-16,20H,3-6,13-14H2,1-2H3. The molecular weight excluding hydrogens is 258 g/mol. The van der Waals surface area contributed by atoms with Crippen LogP contribution in [0.5, 0.6) is 0 Å². The van der Waals surface area contributed by atoms with Crippen LogP contribution in [0, 0.1) is 5.92 Å². The third-order valence-electron chi connectivity index (χ3n) is 4.04. The van der Waals surface area contributed by atoms with Crippen molar-refractivity contribution in [2.45, 2.75) is 46.1 Å². The molecule has 0 amide bonds. The monoisotopic (exact) mass is 285 g/mol. The lowest BCUT2D eigenvalue weighted by Crippen LogP contribution is -2.22. The van der Waals surface area contributed by atoms with E-state index < -0.39 is 0 Å². The first-order valence-electron chi connectivity index (χ1n) is 8.11. The molecule has 21 heavy (non-hydrogen) atoms. The number of benzene rings is 1. The Bertz CT molecular complexity index is 488. The van der Waals surface area contributed by atoms with Crippen LogP contribution < -0.4 is 5.32 Å². The molecule has 0 saturated carbocycles. The van der Waals surface area contributed by atoms with Gasteiger partial charge in [-0.3, -0.25) is 0 Å². The highest BCUT2D eigenvalue weighted by atomic mass is 15.0. The Balaban J connectivity index is 1.78. The minimum Gasteiger partial charge on any atom is -0.312 e. The summed E-state index contributed by atoms with van der Waals surface area (Å²) in [6.45, 7) is 6.64. The van der Waals surface area contributed by atoms with Gasteiger partial charge in [0.05, 0.1) is 6.33 Å². The summed E-state index contributed by atoms with van der Waals surface area (Å²) in [5.74, 6) is 0.815. The summed E-state index contributed by atoms with van der Waals surface area (Å²) < 4.78 is 2.02. The van der Waals surface area contributed by atoms with Crippen LogP contribution in [0.15, 0.2) is 43.0 Å². The zero-order valence-corrected chi connectivity index (χ0v) is 13.3. The van der Waals surface area contributed by atoms with E-state index in [0.717, 1.165) is 24.7 Å². The number of hydrogen-bond acceptors (Lipinski definition) is 2. The van der Waals surface area contributed by atoms with E-state index in [4.69, 9.17) is 0 Å². The third kappa shape index (κ3) is 5.01. The normalized spacial score (nSPS) is 12.5. The first-order chi connectivity index (χ1) is 10.3. The SMILES string of the molecule is CCCCC(CC)CNCc1ccc(-n2ccnc2)cc1. The van der Waals surface area contributed by atoms with Gasteiger partial charge in [-0.25, -0.2) is 4.98 Å². The smallest absolute Gasteiger partial charge is 0.0991 e. The van der Waals surface area contributed by atoms with Crippen molar-refractivity contribution < 1.29 is 0 Å². The highest BCUT2D eigenvalue weighted by molar-refractivity contribution is 5.34. The van der Waals surface area contributed by atoms with E-state index in [2.05, 4.69) is 48.4 Å². The fourth-order valence-corrected chi connectivity index (χ4v) is 2.56. The van der Waals surface area contributed by atoms with Crippen molar-refractivity contribution in [3.05, 3.63) is 48.5 Å². The van der Waals surface area contributed by atoms with Crippen LogP contribution in [-0.4, -0.2) is 16.1 Å². The van der Waals surface area contributed by atoms with Crippen molar-refractivity contribution in [2.24, 2.45) is 5.92 Å². The van der Waals surface area contributed by atoms with Crippen LogP contribution in [0.4, 0.5) is 0 Å². The second-order valence-corrected chi connectivity index (χ2v) is 5.68. The lowest BCUT2D eigenvalue weighted by molar-refractivity contribution is 0.419. The van der Waals surface area contributed by atoms with Gasteiger partial charge in [-0.15, -0.1) is 0 Å². The maximum Gasteiger partial charge on any atom is 0.0991 e. The van der Waals surface area contributed by atoms with Crippen molar-refractivity contribution >= 4 is 0 Å². The number of aromatic nitrogens is 2. The van der Waals surface area contributed by atoms with Crippen molar-refractivity contribution in [3.63, 3.8) is 0 Å². The number of imidazole rings is 1. The molecule has 0 saturated heterocycles. The largest absolute Gasteiger partial charge is 0.312 e. The summed E-state index contributed by atoms with van der Waals surface area (Å²) in [4.78, 5) is 4.07.